The summed E-state index contributed by atoms with van der Waals surface area (Å²) in [5, 5.41) is 3.20. The largest absolute Gasteiger partial charge is 0.370 e. The van der Waals surface area contributed by atoms with E-state index >= 15 is 0 Å². The second kappa shape index (κ2) is 17.5. The van der Waals surface area contributed by atoms with E-state index in [1.165, 1.54) is 4.57 Å². The van der Waals surface area contributed by atoms with E-state index in [1.807, 2.05) is 91.0 Å². The molecule has 4 aromatic rings. The van der Waals surface area contributed by atoms with Crippen LogP contribution in [0.25, 0.3) is 0 Å². The van der Waals surface area contributed by atoms with Crippen LogP contribution in [-0.4, -0.2) is 47.4 Å². The van der Waals surface area contributed by atoms with Crippen molar-refractivity contribution in [1.29, 1.82) is 0 Å². The molecule has 0 aliphatic carbocycles. The van der Waals surface area contributed by atoms with Gasteiger partial charge < -0.3 is 23.8 Å². The molecule has 0 fully saturated rings. The first-order valence-corrected chi connectivity index (χ1v) is 18.1. The Morgan fingerprint density at radius 2 is 1.32 bits per heavy atom. The van der Waals surface area contributed by atoms with Crippen LogP contribution in [0.4, 0.5) is 5.82 Å². The Bertz CT molecular complexity index is 1490. The summed E-state index contributed by atoms with van der Waals surface area (Å²) in [7, 11) is -3.65. The van der Waals surface area contributed by atoms with Gasteiger partial charge in [0.25, 0.3) is 0 Å². The van der Waals surface area contributed by atoms with Gasteiger partial charge in [-0.15, -0.1) is 0 Å². The van der Waals surface area contributed by atoms with Crippen LogP contribution in [0, 0.1) is 0 Å². The highest BCUT2D eigenvalue weighted by Gasteiger charge is 2.39. The number of nitrogens with zero attached hydrogens (tertiary/aromatic N) is 2. The van der Waals surface area contributed by atoms with E-state index in [4.69, 9.17) is 18.5 Å². The third kappa shape index (κ3) is 10.2. The van der Waals surface area contributed by atoms with Crippen LogP contribution < -0.4 is 11.0 Å². The van der Waals surface area contributed by atoms with Gasteiger partial charge in [0.05, 0.1) is 31.5 Å². The predicted molar refractivity (Wildman–Crippen MR) is 187 cm³/mol. The summed E-state index contributed by atoms with van der Waals surface area (Å²) in [4.78, 5) is 17.4. The highest BCUT2D eigenvalue weighted by molar-refractivity contribution is 7.53. The second-order valence-corrected chi connectivity index (χ2v) is 13.9. The van der Waals surface area contributed by atoms with Crippen molar-refractivity contribution in [3.8, 4) is 0 Å². The molecule has 0 amide bonds. The number of hydrogen-bond donors (Lipinski definition) is 1. The van der Waals surface area contributed by atoms with Crippen molar-refractivity contribution in [2.24, 2.45) is 0 Å². The van der Waals surface area contributed by atoms with Crippen LogP contribution in [-0.2, 0) is 35.2 Å². The fraction of sp³-hybridized carbons (Fsp3) is 0.405. The first-order valence-electron chi connectivity index (χ1n) is 16.3. The monoisotopic (exact) mass is 661 g/mol. The number of aromatic nitrogens is 2. The number of hydrogen-bond acceptors (Lipinski definition) is 8. The van der Waals surface area contributed by atoms with Gasteiger partial charge >= 0.3 is 13.3 Å². The maximum atomic E-state index is 13.8. The van der Waals surface area contributed by atoms with Crippen molar-refractivity contribution < 1.29 is 23.1 Å². The molecule has 0 saturated heterocycles. The molecule has 0 bridgehead atoms. The summed E-state index contributed by atoms with van der Waals surface area (Å²) in [6, 6.07) is 31.8. The van der Waals surface area contributed by atoms with E-state index in [9.17, 15) is 9.36 Å². The van der Waals surface area contributed by atoms with Gasteiger partial charge in [0.1, 0.15) is 17.8 Å². The van der Waals surface area contributed by atoms with Gasteiger partial charge in [0.15, 0.2) is 0 Å². The molecule has 0 aliphatic rings. The fourth-order valence-electron chi connectivity index (χ4n) is 5.34. The van der Waals surface area contributed by atoms with Gasteiger partial charge in [-0.3, -0.25) is 9.13 Å². The van der Waals surface area contributed by atoms with Gasteiger partial charge in [-0.1, -0.05) is 104 Å². The third-order valence-corrected chi connectivity index (χ3v) is 9.30. The quantitative estimate of drug-likeness (QED) is 0.0616. The molecule has 4 rings (SSSR count). The normalized spacial score (nSPS) is 12.8. The predicted octanol–water partition coefficient (Wildman–Crippen LogP) is 7.85. The van der Waals surface area contributed by atoms with E-state index in [0.717, 1.165) is 36.1 Å². The first-order chi connectivity index (χ1) is 22.6. The SMILES string of the molecule is CCCCNc1ccn(C[C@@H](COC(c2ccccc2)(c2ccccc2)c2ccccc2)OCP(=O)(OC(C)C)OC(C)C)c(=O)n1. The topological polar surface area (TPSA) is 101 Å². The maximum Gasteiger partial charge on any atom is 0.356 e. The van der Waals surface area contributed by atoms with Crippen LogP contribution in [0.3, 0.4) is 0 Å². The number of anilines is 1. The zero-order chi connectivity index (χ0) is 33.7. The van der Waals surface area contributed by atoms with E-state index in [0.29, 0.717) is 5.82 Å². The Balaban J connectivity index is 1.72. The minimum absolute atomic E-state index is 0.0327. The van der Waals surface area contributed by atoms with Crippen LogP contribution >= 0.6 is 7.60 Å². The van der Waals surface area contributed by atoms with Crippen molar-refractivity contribution in [3.05, 3.63) is 130 Å². The summed E-state index contributed by atoms with van der Waals surface area (Å²) in [6.07, 6.45) is 1.95. The molecule has 1 N–H and O–H groups in total. The molecule has 1 heterocycles. The second-order valence-electron chi connectivity index (χ2n) is 12.0. The van der Waals surface area contributed by atoms with Crippen molar-refractivity contribution in [3.63, 3.8) is 0 Å². The minimum Gasteiger partial charge on any atom is -0.370 e. The molecule has 0 unspecified atom stereocenters. The van der Waals surface area contributed by atoms with Gasteiger partial charge in [-0.25, -0.2) is 4.79 Å². The number of ether oxygens (including phenoxy) is 2. The highest BCUT2D eigenvalue weighted by Crippen LogP contribution is 2.51. The van der Waals surface area contributed by atoms with Crippen molar-refractivity contribution >= 4 is 13.4 Å². The summed E-state index contributed by atoms with van der Waals surface area (Å²) in [5.41, 5.74) is 1.33. The molecular formula is C37H48N3O6P. The summed E-state index contributed by atoms with van der Waals surface area (Å²) >= 11 is 0. The molecule has 0 spiro atoms. The minimum atomic E-state index is -3.65. The van der Waals surface area contributed by atoms with Crippen LogP contribution in [0.1, 0.15) is 64.2 Å². The molecule has 1 aromatic heterocycles. The zero-order valence-corrected chi connectivity index (χ0v) is 29.0. The van der Waals surface area contributed by atoms with E-state index < -0.39 is 25.0 Å². The van der Waals surface area contributed by atoms with Gasteiger partial charge in [-0.2, -0.15) is 4.98 Å². The number of benzene rings is 3. The van der Waals surface area contributed by atoms with Crippen LogP contribution in [0.15, 0.2) is 108 Å². The maximum absolute atomic E-state index is 13.8. The lowest BCUT2D eigenvalue weighted by atomic mass is 9.80. The average molecular weight is 662 g/mol. The molecule has 0 saturated carbocycles. The Labute approximate surface area is 278 Å². The van der Waals surface area contributed by atoms with Crippen molar-refractivity contribution in [1.82, 2.24) is 9.55 Å². The summed E-state index contributed by atoms with van der Waals surface area (Å²) in [6.45, 7) is 10.2. The summed E-state index contributed by atoms with van der Waals surface area (Å²) in [5.74, 6) is 0.518. The van der Waals surface area contributed by atoms with E-state index in [1.54, 1.807) is 40.0 Å². The molecule has 3 aromatic carbocycles. The Hall–Kier alpha value is -3.59. The van der Waals surface area contributed by atoms with E-state index in [-0.39, 0.29) is 31.7 Å². The lowest BCUT2D eigenvalue weighted by molar-refractivity contribution is -0.0648. The molecule has 1 atom stereocenters. The van der Waals surface area contributed by atoms with Gasteiger partial charge in [-0.05, 0) is 56.9 Å². The average Bonchev–Trinajstić information content (AvgIpc) is 3.05. The molecule has 0 aliphatic heterocycles. The molecule has 9 nitrogen and oxygen atoms in total. The lowest BCUT2D eigenvalue weighted by Gasteiger charge is -2.37. The molecule has 0 radical (unpaired) electrons. The first kappa shape index (κ1) is 36.2. The third-order valence-electron chi connectivity index (χ3n) is 7.35. The Morgan fingerprint density at radius 3 is 1.77 bits per heavy atom. The number of nitrogens with one attached hydrogen (secondary N) is 1. The summed E-state index contributed by atoms with van der Waals surface area (Å²) < 4.78 is 40.2. The standard InChI is InChI=1S/C37H48N3O6P/c1-6-7-24-38-35-23-25-40(36(41)39-35)26-34(43-28-47(42,45-29(2)3)46-30(4)5)27-44-37(31-17-11-8-12-18-31,32-19-13-9-14-20-32)33-21-15-10-16-22-33/h8-23,25,29-30,34H,6-7,24,26-28H2,1-5H3,(H,38,39,41)/t34-/m0/s1. The van der Waals surface area contributed by atoms with Crippen molar-refractivity contribution in [2.45, 2.75) is 77.9 Å². The molecule has 47 heavy (non-hydrogen) atoms. The van der Waals surface area contributed by atoms with Gasteiger partial charge in [0.2, 0.25) is 0 Å². The number of unbranched alkanes of at least 4 members (excludes halogenated alkanes) is 1. The molecule has 252 valence electrons. The fourth-order valence-corrected chi connectivity index (χ4v) is 7.19. The van der Waals surface area contributed by atoms with Gasteiger partial charge in [0, 0.05) is 12.7 Å². The Morgan fingerprint density at radius 1 is 0.809 bits per heavy atom. The zero-order valence-electron chi connectivity index (χ0n) is 28.1. The molecule has 10 heteroatoms. The van der Waals surface area contributed by atoms with Crippen LogP contribution in [0.2, 0.25) is 0 Å². The highest BCUT2D eigenvalue weighted by atomic mass is 31.2. The van der Waals surface area contributed by atoms with Crippen LogP contribution in [0.5, 0.6) is 0 Å². The van der Waals surface area contributed by atoms with Crippen molar-refractivity contribution in [2.75, 3.05) is 24.8 Å². The Kier molecular flexibility index (Phi) is 13.5. The number of rotatable bonds is 19. The van der Waals surface area contributed by atoms with E-state index in [2.05, 4.69) is 17.2 Å². The smallest absolute Gasteiger partial charge is 0.356 e. The molecular weight excluding hydrogens is 613 g/mol. The lowest BCUT2D eigenvalue weighted by Crippen LogP contribution is -2.39.